The van der Waals surface area contributed by atoms with Gasteiger partial charge in [0.15, 0.2) is 5.78 Å². The van der Waals surface area contributed by atoms with Gasteiger partial charge in [-0.25, -0.2) is 13.4 Å². The Labute approximate surface area is 199 Å². The number of rotatable bonds is 8. The molecule has 3 aromatic rings. The number of benzene rings is 1. The number of ketones is 1. The largest absolute Gasteiger partial charge is 0.344 e. The molecule has 174 valence electrons. The molecular weight excluding hydrogens is 454 g/mol. The maximum Gasteiger partial charge on any atom is 0.243 e. The predicted octanol–water partition coefficient (Wildman–Crippen LogP) is 4.76. The maximum atomic E-state index is 13.3. The van der Waals surface area contributed by atoms with Crippen molar-refractivity contribution in [1.29, 1.82) is 0 Å². The van der Waals surface area contributed by atoms with Crippen molar-refractivity contribution in [3.63, 3.8) is 0 Å². The van der Waals surface area contributed by atoms with Crippen LogP contribution in [0.3, 0.4) is 0 Å². The first kappa shape index (κ1) is 23.6. The average molecular weight is 484 g/mol. The Balaban J connectivity index is 1.58. The van der Waals surface area contributed by atoms with E-state index >= 15 is 0 Å². The minimum absolute atomic E-state index is 0.111. The van der Waals surface area contributed by atoms with Gasteiger partial charge in [-0.1, -0.05) is 31.2 Å². The van der Waals surface area contributed by atoms with E-state index < -0.39 is 10.0 Å². The number of pyridine rings is 1. The van der Waals surface area contributed by atoms with Crippen molar-refractivity contribution in [2.75, 3.05) is 24.5 Å². The zero-order chi connectivity index (χ0) is 23.4. The number of carbonyl (C=O) groups is 1. The van der Waals surface area contributed by atoms with Crippen molar-refractivity contribution in [3.05, 3.63) is 76.1 Å². The molecule has 1 aromatic carbocycles. The quantitative estimate of drug-likeness (QED) is 0.432. The maximum absolute atomic E-state index is 13.3. The lowest BCUT2D eigenvalue weighted by molar-refractivity contribution is 0.0998. The summed E-state index contributed by atoms with van der Waals surface area (Å²) >= 11 is 1.63. The number of hydrogen-bond donors (Lipinski definition) is 0. The number of piperidine rings is 1. The Morgan fingerprint density at radius 1 is 1.21 bits per heavy atom. The fourth-order valence-electron chi connectivity index (χ4n) is 4.21. The van der Waals surface area contributed by atoms with Crippen LogP contribution in [0.25, 0.3) is 0 Å². The second kappa shape index (κ2) is 10.2. The second-order valence-corrected chi connectivity index (χ2v) is 11.6. The Bertz CT molecular complexity index is 1210. The number of hydrogen-bond acceptors (Lipinski definition) is 6. The molecule has 4 rings (SSSR count). The third-order valence-electron chi connectivity index (χ3n) is 5.96. The molecule has 8 heteroatoms. The molecule has 6 nitrogen and oxygen atoms in total. The van der Waals surface area contributed by atoms with Gasteiger partial charge in [0.2, 0.25) is 10.0 Å². The molecule has 3 heterocycles. The van der Waals surface area contributed by atoms with Crippen LogP contribution in [0.5, 0.6) is 0 Å². The van der Waals surface area contributed by atoms with E-state index in [2.05, 4.69) is 11.9 Å². The molecule has 2 aromatic heterocycles. The summed E-state index contributed by atoms with van der Waals surface area (Å²) in [6.07, 6.45) is 3.62. The molecule has 1 saturated heterocycles. The second-order valence-electron chi connectivity index (χ2n) is 8.64. The van der Waals surface area contributed by atoms with Crippen LogP contribution < -0.4 is 4.90 Å². The fraction of sp³-hybridized carbons (Fsp3) is 0.360. The monoisotopic (exact) mass is 483 g/mol. The van der Waals surface area contributed by atoms with Crippen LogP contribution in [0.2, 0.25) is 0 Å². The summed E-state index contributed by atoms with van der Waals surface area (Å²) in [6, 6.07) is 14.3. The Kier molecular flexibility index (Phi) is 7.26. The first-order valence-electron chi connectivity index (χ1n) is 11.2. The molecule has 0 N–H and O–H groups in total. The summed E-state index contributed by atoms with van der Waals surface area (Å²) in [5.74, 6) is 0.955. The van der Waals surface area contributed by atoms with E-state index in [4.69, 9.17) is 0 Å². The minimum atomic E-state index is -3.62. The Morgan fingerprint density at radius 3 is 2.79 bits per heavy atom. The van der Waals surface area contributed by atoms with E-state index in [0.717, 1.165) is 29.1 Å². The number of anilines is 1. The summed E-state index contributed by atoms with van der Waals surface area (Å²) in [4.78, 5) is 21.1. The highest BCUT2D eigenvalue weighted by atomic mass is 32.2. The van der Waals surface area contributed by atoms with Crippen molar-refractivity contribution in [2.45, 2.75) is 38.1 Å². The van der Waals surface area contributed by atoms with Crippen molar-refractivity contribution in [1.82, 2.24) is 9.29 Å². The molecule has 0 amide bonds. The van der Waals surface area contributed by atoms with Crippen molar-refractivity contribution in [2.24, 2.45) is 5.92 Å². The molecule has 0 saturated carbocycles. The van der Waals surface area contributed by atoms with Crippen LogP contribution in [0.1, 0.15) is 40.6 Å². The van der Waals surface area contributed by atoms with Crippen LogP contribution in [0, 0.1) is 12.8 Å². The van der Waals surface area contributed by atoms with Crippen LogP contribution in [-0.2, 0) is 16.6 Å². The predicted molar refractivity (Wildman–Crippen MR) is 132 cm³/mol. The summed E-state index contributed by atoms with van der Waals surface area (Å²) in [5.41, 5.74) is 1.38. The molecule has 33 heavy (non-hydrogen) atoms. The highest BCUT2D eigenvalue weighted by molar-refractivity contribution is 7.89. The molecular formula is C25H29N3O3S2. The number of thiophene rings is 1. The highest BCUT2D eigenvalue weighted by Gasteiger charge is 2.29. The lowest BCUT2D eigenvalue weighted by Crippen LogP contribution is -2.39. The third-order valence-corrected chi connectivity index (χ3v) is 8.68. The number of carbonyl (C=O) groups excluding carboxylic acids is 1. The van der Waals surface area contributed by atoms with Gasteiger partial charge >= 0.3 is 0 Å². The van der Waals surface area contributed by atoms with Crippen LogP contribution in [0.15, 0.2) is 65.0 Å². The molecule has 0 radical (unpaired) electrons. The lowest BCUT2D eigenvalue weighted by Gasteiger charge is -2.30. The van der Waals surface area contributed by atoms with Crippen molar-refractivity contribution >= 4 is 33.0 Å². The van der Waals surface area contributed by atoms with Crippen LogP contribution in [-0.4, -0.2) is 43.1 Å². The number of Topliss-reactive ketones (excluding diaryl/α,β-unsaturated/α-hetero) is 1. The summed E-state index contributed by atoms with van der Waals surface area (Å²) < 4.78 is 28.0. The number of nitrogens with zero attached hydrogens (tertiary/aromatic N) is 3. The van der Waals surface area contributed by atoms with Gasteiger partial charge in [-0.3, -0.25) is 4.79 Å². The third kappa shape index (κ3) is 5.51. The fourth-order valence-corrected chi connectivity index (χ4v) is 6.58. The topological polar surface area (TPSA) is 70.6 Å². The Hall–Kier alpha value is -2.55. The van der Waals surface area contributed by atoms with E-state index in [0.29, 0.717) is 31.1 Å². The van der Waals surface area contributed by atoms with E-state index in [1.807, 2.05) is 41.5 Å². The van der Waals surface area contributed by atoms with E-state index in [1.54, 1.807) is 40.0 Å². The summed E-state index contributed by atoms with van der Waals surface area (Å²) in [5, 5.41) is 2.01. The van der Waals surface area contributed by atoms with Crippen molar-refractivity contribution in [3.8, 4) is 0 Å². The number of sulfonamides is 1. The molecule has 0 bridgehead atoms. The van der Waals surface area contributed by atoms with Gasteiger partial charge in [-0.2, -0.15) is 4.31 Å². The van der Waals surface area contributed by atoms with Gasteiger partial charge in [0, 0.05) is 29.7 Å². The minimum Gasteiger partial charge on any atom is -0.344 e. The smallest absolute Gasteiger partial charge is 0.243 e. The summed E-state index contributed by atoms with van der Waals surface area (Å²) in [6.45, 7) is 5.77. The number of aromatic nitrogens is 1. The van der Waals surface area contributed by atoms with Gasteiger partial charge in [-0.15, -0.1) is 11.3 Å². The molecule has 0 aliphatic carbocycles. The van der Waals surface area contributed by atoms with Crippen molar-refractivity contribution < 1.29 is 13.2 Å². The normalized spacial score (nSPS) is 17.1. The van der Waals surface area contributed by atoms with Gasteiger partial charge < -0.3 is 4.90 Å². The standard InChI is InChI=1S/C25H29N3O3S2/c1-19-7-5-13-28(16-19)33(30,31)23-11-3-9-21(15-23)24(29)18-27(17-22-10-6-14-32-22)25-20(2)8-4-12-26-25/h3-4,6,8-12,14-15,19H,5,7,13,16-18H2,1-2H3. The van der Waals surface area contributed by atoms with Gasteiger partial charge in [0.25, 0.3) is 0 Å². The molecule has 1 atom stereocenters. The lowest BCUT2D eigenvalue weighted by atomic mass is 10.0. The molecule has 1 fully saturated rings. The highest BCUT2D eigenvalue weighted by Crippen LogP contribution is 2.25. The SMILES string of the molecule is Cc1cccnc1N(CC(=O)c1cccc(S(=O)(=O)N2CCCC(C)C2)c1)Cc1cccs1. The zero-order valence-corrected chi connectivity index (χ0v) is 20.6. The van der Waals surface area contributed by atoms with Gasteiger partial charge in [-0.05, 0) is 60.9 Å². The summed E-state index contributed by atoms with van der Waals surface area (Å²) in [7, 11) is -3.62. The molecule has 0 spiro atoms. The van der Waals surface area contributed by atoms with E-state index in [1.165, 1.54) is 6.07 Å². The molecule has 1 aliphatic heterocycles. The van der Waals surface area contributed by atoms with Crippen LogP contribution in [0.4, 0.5) is 5.82 Å². The van der Waals surface area contributed by atoms with Gasteiger partial charge in [0.1, 0.15) is 5.82 Å². The first-order valence-corrected chi connectivity index (χ1v) is 13.5. The number of aryl methyl sites for hydroxylation is 1. The van der Waals surface area contributed by atoms with E-state index in [-0.39, 0.29) is 17.2 Å². The first-order chi connectivity index (χ1) is 15.8. The average Bonchev–Trinajstić information content (AvgIpc) is 3.32. The van der Waals surface area contributed by atoms with Gasteiger partial charge in [0.05, 0.1) is 18.0 Å². The molecule has 1 aliphatic rings. The van der Waals surface area contributed by atoms with E-state index in [9.17, 15) is 13.2 Å². The zero-order valence-electron chi connectivity index (χ0n) is 19.0. The Morgan fingerprint density at radius 2 is 2.06 bits per heavy atom. The molecule has 1 unspecified atom stereocenters. The van der Waals surface area contributed by atoms with Crippen LogP contribution >= 0.6 is 11.3 Å².